The van der Waals surface area contributed by atoms with Gasteiger partial charge >= 0.3 is 0 Å². The van der Waals surface area contributed by atoms with E-state index in [-0.39, 0.29) is 0 Å². The van der Waals surface area contributed by atoms with Crippen LogP contribution in [0.1, 0.15) is 11.1 Å². The first-order valence-corrected chi connectivity index (χ1v) is 4.27. The molecule has 0 N–H and O–H groups in total. The minimum atomic E-state index is 0.921. The SMILES string of the molecule is COc1ccc(OC)c2c1C=CC2. The summed E-state index contributed by atoms with van der Waals surface area (Å²) in [4.78, 5) is 0. The number of benzene rings is 1. The van der Waals surface area contributed by atoms with Crippen molar-refractivity contribution in [1.82, 2.24) is 0 Å². The molecule has 68 valence electrons. The van der Waals surface area contributed by atoms with Gasteiger partial charge in [-0.25, -0.2) is 0 Å². The Morgan fingerprint density at radius 3 is 2.46 bits per heavy atom. The van der Waals surface area contributed by atoms with E-state index in [0.29, 0.717) is 0 Å². The number of rotatable bonds is 2. The van der Waals surface area contributed by atoms with E-state index in [4.69, 9.17) is 9.47 Å². The highest BCUT2D eigenvalue weighted by Crippen LogP contribution is 2.35. The molecule has 0 aromatic heterocycles. The molecule has 0 heterocycles. The summed E-state index contributed by atoms with van der Waals surface area (Å²) in [6.07, 6.45) is 5.14. The molecule has 0 amide bonds. The van der Waals surface area contributed by atoms with Crippen LogP contribution in [0.3, 0.4) is 0 Å². The summed E-state index contributed by atoms with van der Waals surface area (Å²) < 4.78 is 10.5. The van der Waals surface area contributed by atoms with Crippen molar-refractivity contribution in [1.29, 1.82) is 0 Å². The number of fused-ring (bicyclic) bond motifs is 1. The third kappa shape index (κ3) is 1.18. The Morgan fingerprint density at radius 1 is 1.08 bits per heavy atom. The number of hydrogen-bond donors (Lipinski definition) is 0. The third-order valence-corrected chi connectivity index (χ3v) is 2.32. The minimum Gasteiger partial charge on any atom is -0.496 e. The Bertz CT molecular complexity index is 353. The predicted octanol–water partition coefficient (Wildman–Crippen LogP) is 2.27. The van der Waals surface area contributed by atoms with Gasteiger partial charge in [-0.1, -0.05) is 12.2 Å². The second-order valence-corrected chi connectivity index (χ2v) is 2.97. The average Bonchev–Trinajstić information content (AvgIpc) is 2.64. The maximum Gasteiger partial charge on any atom is 0.126 e. The summed E-state index contributed by atoms with van der Waals surface area (Å²) in [5.74, 6) is 1.87. The molecule has 0 atom stereocenters. The standard InChI is InChI=1S/C11H12O2/c1-12-10-6-7-11(13-2)9-5-3-4-8(9)10/h3-4,6-7H,5H2,1-2H3. The maximum atomic E-state index is 5.26. The fraction of sp³-hybridized carbons (Fsp3) is 0.273. The maximum absolute atomic E-state index is 5.26. The summed E-state index contributed by atoms with van der Waals surface area (Å²) >= 11 is 0. The molecule has 0 saturated heterocycles. The smallest absolute Gasteiger partial charge is 0.126 e. The van der Waals surface area contributed by atoms with E-state index >= 15 is 0 Å². The number of allylic oxidation sites excluding steroid dienone is 1. The van der Waals surface area contributed by atoms with Crippen LogP contribution in [0.15, 0.2) is 18.2 Å². The van der Waals surface area contributed by atoms with Gasteiger partial charge in [0.25, 0.3) is 0 Å². The lowest BCUT2D eigenvalue weighted by Crippen LogP contribution is -1.94. The summed E-state index contributed by atoms with van der Waals surface area (Å²) in [7, 11) is 3.38. The Hall–Kier alpha value is -1.44. The molecule has 2 rings (SSSR count). The second kappa shape index (κ2) is 3.13. The quantitative estimate of drug-likeness (QED) is 0.688. The molecule has 0 spiro atoms. The van der Waals surface area contributed by atoms with Crippen LogP contribution in [0.5, 0.6) is 11.5 Å². The Labute approximate surface area is 77.8 Å². The van der Waals surface area contributed by atoms with Crippen LogP contribution >= 0.6 is 0 Å². The van der Waals surface area contributed by atoms with E-state index in [9.17, 15) is 0 Å². The van der Waals surface area contributed by atoms with Crippen molar-refractivity contribution in [2.75, 3.05) is 14.2 Å². The van der Waals surface area contributed by atoms with Gasteiger partial charge in [-0.15, -0.1) is 0 Å². The summed E-state index contributed by atoms with van der Waals surface area (Å²) in [5.41, 5.74) is 2.38. The lowest BCUT2D eigenvalue weighted by atomic mass is 10.1. The fourth-order valence-corrected chi connectivity index (χ4v) is 1.68. The van der Waals surface area contributed by atoms with Gasteiger partial charge in [-0.2, -0.15) is 0 Å². The fourth-order valence-electron chi connectivity index (χ4n) is 1.68. The molecule has 0 saturated carbocycles. The van der Waals surface area contributed by atoms with Crippen LogP contribution in [-0.4, -0.2) is 14.2 Å². The zero-order chi connectivity index (χ0) is 9.26. The van der Waals surface area contributed by atoms with E-state index in [1.54, 1.807) is 14.2 Å². The summed E-state index contributed by atoms with van der Waals surface area (Å²) in [5, 5.41) is 0. The van der Waals surface area contributed by atoms with Crippen molar-refractivity contribution in [3.8, 4) is 11.5 Å². The molecule has 13 heavy (non-hydrogen) atoms. The molecule has 1 aromatic rings. The van der Waals surface area contributed by atoms with E-state index in [0.717, 1.165) is 23.5 Å². The van der Waals surface area contributed by atoms with Crippen LogP contribution in [0.4, 0.5) is 0 Å². The van der Waals surface area contributed by atoms with Crippen molar-refractivity contribution in [2.24, 2.45) is 0 Å². The molecular weight excluding hydrogens is 164 g/mol. The van der Waals surface area contributed by atoms with Gasteiger partial charge in [0.2, 0.25) is 0 Å². The van der Waals surface area contributed by atoms with Crippen molar-refractivity contribution in [2.45, 2.75) is 6.42 Å². The predicted molar refractivity (Wildman–Crippen MR) is 52.3 cm³/mol. The third-order valence-electron chi connectivity index (χ3n) is 2.32. The first-order valence-electron chi connectivity index (χ1n) is 4.27. The monoisotopic (exact) mass is 176 g/mol. The van der Waals surface area contributed by atoms with Gasteiger partial charge in [-0.05, 0) is 18.6 Å². The Balaban J connectivity index is 2.56. The minimum absolute atomic E-state index is 0.921. The Morgan fingerprint density at radius 2 is 1.77 bits per heavy atom. The van der Waals surface area contributed by atoms with E-state index in [1.165, 1.54) is 5.56 Å². The van der Waals surface area contributed by atoms with Crippen molar-refractivity contribution in [3.05, 3.63) is 29.3 Å². The van der Waals surface area contributed by atoms with Gasteiger partial charge < -0.3 is 9.47 Å². The molecule has 0 unspecified atom stereocenters. The first kappa shape index (κ1) is 8.17. The molecule has 0 radical (unpaired) electrons. The molecule has 1 aromatic carbocycles. The topological polar surface area (TPSA) is 18.5 Å². The van der Waals surface area contributed by atoms with Gasteiger partial charge in [0.15, 0.2) is 0 Å². The highest BCUT2D eigenvalue weighted by molar-refractivity contribution is 5.69. The van der Waals surface area contributed by atoms with Crippen molar-refractivity contribution in [3.63, 3.8) is 0 Å². The molecular formula is C11H12O2. The molecule has 0 aliphatic heterocycles. The van der Waals surface area contributed by atoms with Crippen molar-refractivity contribution >= 4 is 6.08 Å². The van der Waals surface area contributed by atoms with Crippen LogP contribution in [0.2, 0.25) is 0 Å². The summed E-state index contributed by atoms with van der Waals surface area (Å²) in [6, 6.07) is 3.89. The normalized spacial score (nSPS) is 12.8. The average molecular weight is 176 g/mol. The van der Waals surface area contributed by atoms with E-state index in [2.05, 4.69) is 12.2 Å². The molecule has 1 aliphatic carbocycles. The first-order chi connectivity index (χ1) is 6.36. The zero-order valence-electron chi connectivity index (χ0n) is 7.83. The zero-order valence-corrected chi connectivity index (χ0v) is 7.83. The lowest BCUT2D eigenvalue weighted by molar-refractivity contribution is 0.399. The Kier molecular flexibility index (Phi) is 1.97. The number of ether oxygens (including phenoxy) is 2. The van der Waals surface area contributed by atoms with Gasteiger partial charge in [0, 0.05) is 11.1 Å². The van der Waals surface area contributed by atoms with Crippen LogP contribution in [0.25, 0.3) is 6.08 Å². The molecule has 2 heteroatoms. The summed E-state index contributed by atoms with van der Waals surface area (Å²) in [6.45, 7) is 0. The largest absolute Gasteiger partial charge is 0.496 e. The van der Waals surface area contributed by atoms with E-state index in [1.807, 2.05) is 12.1 Å². The second-order valence-electron chi connectivity index (χ2n) is 2.97. The number of hydrogen-bond acceptors (Lipinski definition) is 2. The van der Waals surface area contributed by atoms with Crippen LogP contribution in [-0.2, 0) is 6.42 Å². The van der Waals surface area contributed by atoms with Crippen LogP contribution < -0.4 is 9.47 Å². The van der Waals surface area contributed by atoms with Gasteiger partial charge in [0.05, 0.1) is 14.2 Å². The van der Waals surface area contributed by atoms with Gasteiger partial charge in [-0.3, -0.25) is 0 Å². The molecule has 0 fully saturated rings. The highest BCUT2D eigenvalue weighted by Gasteiger charge is 2.14. The highest BCUT2D eigenvalue weighted by atomic mass is 16.5. The van der Waals surface area contributed by atoms with Gasteiger partial charge in [0.1, 0.15) is 11.5 Å². The molecule has 2 nitrogen and oxygen atoms in total. The van der Waals surface area contributed by atoms with Crippen LogP contribution in [0, 0.1) is 0 Å². The number of methoxy groups -OCH3 is 2. The van der Waals surface area contributed by atoms with E-state index < -0.39 is 0 Å². The lowest BCUT2D eigenvalue weighted by Gasteiger charge is -2.10. The molecule has 1 aliphatic rings. The molecule has 0 bridgehead atoms. The van der Waals surface area contributed by atoms with Crippen molar-refractivity contribution < 1.29 is 9.47 Å².